The second-order valence-corrected chi connectivity index (χ2v) is 2.67. The number of allylic oxidation sites excluding steroid dienone is 2. The molecule has 1 atom stereocenters. The molecule has 0 aliphatic carbocycles. The number of rotatable bonds is 4. The van der Waals surface area contributed by atoms with Crippen LogP contribution in [0.4, 0.5) is 0 Å². The number of carbonyl (C=O) groups is 1. The average Bonchev–Trinajstić information content (AvgIpc) is 1.97. The van der Waals surface area contributed by atoms with E-state index in [0.29, 0.717) is 6.42 Å². The van der Waals surface area contributed by atoms with Crippen molar-refractivity contribution >= 4 is 5.97 Å². The summed E-state index contributed by atoms with van der Waals surface area (Å²) in [5.74, 6) is -0.920. The van der Waals surface area contributed by atoms with Gasteiger partial charge in [-0.2, -0.15) is 0 Å². The Morgan fingerprint density at radius 1 is 1.58 bits per heavy atom. The molecule has 0 aromatic heterocycles. The minimum absolute atomic E-state index is 0.289. The van der Waals surface area contributed by atoms with Gasteiger partial charge >= 0.3 is 5.97 Å². The van der Waals surface area contributed by atoms with E-state index in [0.717, 1.165) is 0 Å². The van der Waals surface area contributed by atoms with Crippen LogP contribution >= 0.6 is 0 Å². The third kappa shape index (κ3) is 5.68. The lowest BCUT2D eigenvalue weighted by Crippen LogP contribution is -1.96. The van der Waals surface area contributed by atoms with Gasteiger partial charge in [-0.05, 0) is 20.3 Å². The van der Waals surface area contributed by atoms with Gasteiger partial charge in [0.1, 0.15) is 0 Å². The fourth-order valence-electron chi connectivity index (χ4n) is 0.559. The molecule has 2 N–H and O–H groups in total. The molecule has 12 heavy (non-hydrogen) atoms. The number of aliphatic carboxylic acids is 1. The number of aliphatic hydroxyl groups is 1. The molecular formula is C9H14O3. The van der Waals surface area contributed by atoms with E-state index in [1.165, 1.54) is 13.0 Å². The molecule has 0 amide bonds. The highest BCUT2D eigenvalue weighted by Crippen LogP contribution is 1.95. The van der Waals surface area contributed by atoms with Crippen LogP contribution in [0.3, 0.4) is 0 Å². The molecule has 0 rings (SSSR count). The zero-order chi connectivity index (χ0) is 9.56. The van der Waals surface area contributed by atoms with Crippen molar-refractivity contribution in [1.29, 1.82) is 0 Å². The van der Waals surface area contributed by atoms with Crippen LogP contribution in [0, 0.1) is 0 Å². The van der Waals surface area contributed by atoms with E-state index in [1.807, 2.05) is 0 Å². The maximum atomic E-state index is 10.3. The summed E-state index contributed by atoms with van der Waals surface area (Å²) < 4.78 is 0. The molecule has 0 bridgehead atoms. The van der Waals surface area contributed by atoms with Crippen LogP contribution in [-0.4, -0.2) is 22.3 Å². The number of aliphatic hydroxyl groups excluding tert-OH is 1. The minimum atomic E-state index is -0.920. The lowest BCUT2D eigenvalue weighted by atomic mass is 10.2. The van der Waals surface area contributed by atoms with Crippen LogP contribution in [0.15, 0.2) is 23.8 Å². The largest absolute Gasteiger partial charge is 0.478 e. The summed E-state index contributed by atoms with van der Waals surface area (Å²) in [6.45, 7) is 3.20. The highest BCUT2D eigenvalue weighted by Gasteiger charge is 1.95. The minimum Gasteiger partial charge on any atom is -0.478 e. The van der Waals surface area contributed by atoms with Gasteiger partial charge in [-0.1, -0.05) is 18.2 Å². The molecule has 68 valence electrons. The highest BCUT2D eigenvalue weighted by molar-refractivity contribution is 5.86. The van der Waals surface area contributed by atoms with Crippen molar-refractivity contribution in [3.63, 3.8) is 0 Å². The maximum Gasteiger partial charge on any atom is 0.331 e. The second-order valence-electron chi connectivity index (χ2n) is 2.67. The Morgan fingerprint density at radius 3 is 2.58 bits per heavy atom. The summed E-state index contributed by atoms with van der Waals surface area (Å²) in [5.41, 5.74) is 0.289. The Morgan fingerprint density at radius 2 is 2.17 bits per heavy atom. The van der Waals surface area contributed by atoms with Crippen molar-refractivity contribution in [2.75, 3.05) is 0 Å². The lowest BCUT2D eigenvalue weighted by Gasteiger charge is -1.94. The Hall–Kier alpha value is -1.09. The summed E-state index contributed by atoms with van der Waals surface area (Å²) in [4.78, 5) is 10.3. The quantitative estimate of drug-likeness (QED) is 0.494. The monoisotopic (exact) mass is 170 g/mol. The second kappa shape index (κ2) is 5.55. The Balaban J connectivity index is 3.87. The highest BCUT2D eigenvalue weighted by atomic mass is 16.4. The van der Waals surface area contributed by atoms with E-state index in [-0.39, 0.29) is 11.7 Å². The van der Waals surface area contributed by atoms with Crippen molar-refractivity contribution in [2.24, 2.45) is 0 Å². The summed E-state index contributed by atoms with van der Waals surface area (Å²) in [7, 11) is 0. The van der Waals surface area contributed by atoms with Gasteiger partial charge in [-0.15, -0.1) is 0 Å². The molecule has 0 spiro atoms. The van der Waals surface area contributed by atoms with Crippen molar-refractivity contribution < 1.29 is 15.0 Å². The van der Waals surface area contributed by atoms with Crippen molar-refractivity contribution in [1.82, 2.24) is 0 Å². The summed E-state index contributed by atoms with van der Waals surface area (Å²) in [5, 5.41) is 17.3. The fraction of sp³-hybridized carbons (Fsp3) is 0.444. The lowest BCUT2D eigenvalue weighted by molar-refractivity contribution is -0.132. The normalized spacial score (nSPS) is 15.1. The number of carboxylic acids is 1. The molecule has 0 saturated heterocycles. The Labute approximate surface area is 72.0 Å². The first-order valence-electron chi connectivity index (χ1n) is 3.79. The van der Waals surface area contributed by atoms with Crippen LogP contribution in [-0.2, 0) is 4.79 Å². The fourth-order valence-corrected chi connectivity index (χ4v) is 0.559. The van der Waals surface area contributed by atoms with Crippen LogP contribution in [0.25, 0.3) is 0 Å². The molecule has 3 heteroatoms. The van der Waals surface area contributed by atoms with Gasteiger partial charge in [0.2, 0.25) is 0 Å². The van der Waals surface area contributed by atoms with Gasteiger partial charge in [0.25, 0.3) is 0 Å². The zero-order valence-corrected chi connectivity index (χ0v) is 7.32. The SMILES string of the molecule is C/C(=C\C=C\CC(C)O)C(=O)O. The first-order chi connectivity index (χ1) is 5.54. The molecule has 0 aromatic rings. The maximum absolute atomic E-state index is 10.3. The van der Waals surface area contributed by atoms with Crippen LogP contribution in [0.5, 0.6) is 0 Å². The van der Waals surface area contributed by atoms with E-state index >= 15 is 0 Å². The molecule has 0 aliphatic rings. The molecule has 0 saturated carbocycles. The zero-order valence-electron chi connectivity index (χ0n) is 7.32. The van der Waals surface area contributed by atoms with E-state index in [4.69, 9.17) is 10.2 Å². The van der Waals surface area contributed by atoms with Crippen LogP contribution in [0.2, 0.25) is 0 Å². The van der Waals surface area contributed by atoms with E-state index in [9.17, 15) is 4.79 Å². The molecule has 0 aromatic carbocycles. The summed E-state index contributed by atoms with van der Waals surface area (Å²) >= 11 is 0. The number of hydrogen-bond acceptors (Lipinski definition) is 2. The van der Waals surface area contributed by atoms with E-state index < -0.39 is 5.97 Å². The summed E-state index contributed by atoms with van der Waals surface area (Å²) in [6, 6.07) is 0. The van der Waals surface area contributed by atoms with Crippen LogP contribution < -0.4 is 0 Å². The first kappa shape index (κ1) is 10.9. The summed E-state index contributed by atoms with van der Waals surface area (Å²) in [6.07, 6.45) is 5.04. The standard InChI is InChI=1S/C9H14O3/c1-7(9(11)12)5-3-4-6-8(2)10/h3-5,8,10H,6H2,1-2H3,(H,11,12)/b4-3+,7-5+. The van der Waals surface area contributed by atoms with Crippen molar-refractivity contribution in [2.45, 2.75) is 26.4 Å². The van der Waals surface area contributed by atoms with E-state index in [2.05, 4.69) is 0 Å². The molecule has 1 unspecified atom stereocenters. The third-order valence-electron chi connectivity index (χ3n) is 1.30. The number of carboxylic acid groups (broad SMARTS) is 1. The van der Waals surface area contributed by atoms with Crippen molar-refractivity contribution in [3.8, 4) is 0 Å². The van der Waals surface area contributed by atoms with Gasteiger partial charge in [-0.25, -0.2) is 4.79 Å². The predicted octanol–water partition coefficient (Wildman–Crippen LogP) is 1.34. The van der Waals surface area contributed by atoms with Gasteiger partial charge in [0.15, 0.2) is 0 Å². The van der Waals surface area contributed by atoms with Gasteiger partial charge in [0, 0.05) is 5.57 Å². The predicted molar refractivity (Wildman–Crippen MR) is 46.8 cm³/mol. The molecule has 3 nitrogen and oxygen atoms in total. The third-order valence-corrected chi connectivity index (χ3v) is 1.30. The molecular weight excluding hydrogens is 156 g/mol. The molecule has 0 aliphatic heterocycles. The molecule has 0 fully saturated rings. The molecule has 0 radical (unpaired) electrons. The number of hydrogen-bond donors (Lipinski definition) is 2. The van der Waals surface area contributed by atoms with Crippen molar-refractivity contribution in [3.05, 3.63) is 23.8 Å². The first-order valence-corrected chi connectivity index (χ1v) is 3.79. The topological polar surface area (TPSA) is 57.5 Å². The Bertz CT molecular complexity index is 202. The molecule has 0 heterocycles. The Kier molecular flexibility index (Phi) is 5.04. The average molecular weight is 170 g/mol. The van der Waals surface area contributed by atoms with E-state index in [1.54, 1.807) is 19.1 Å². The van der Waals surface area contributed by atoms with Crippen LogP contribution in [0.1, 0.15) is 20.3 Å². The van der Waals surface area contributed by atoms with Gasteiger partial charge in [-0.3, -0.25) is 0 Å². The van der Waals surface area contributed by atoms with Gasteiger partial charge < -0.3 is 10.2 Å². The smallest absolute Gasteiger partial charge is 0.331 e. The van der Waals surface area contributed by atoms with Gasteiger partial charge in [0.05, 0.1) is 6.10 Å².